The molecule has 0 aliphatic carbocycles. The number of carbonyl (C=O) groups is 1. The van der Waals surface area contributed by atoms with E-state index in [1.165, 1.54) is 0 Å². The first-order valence-electron chi connectivity index (χ1n) is 7.78. The highest BCUT2D eigenvalue weighted by Gasteiger charge is 2.24. The third-order valence-corrected chi connectivity index (χ3v) is 3.87. The van der Waals surface area contributed by atoms with Crippen LogP contribution in [0.3, 0.4) is 0 Å². The molecule has 1 amide bonds. The summed E-state index contributed by atoms with van der Waals surface area (Å²) in [4.78, 5) is 18.2. The summed E-state index contributed by atoms with van der Waals surface area (Å²) in [5, 5.41) is 7.88. The van der Waals surface area contributed by atoms with Crippen molar-refractivity contribution in [2.45, 2.75) is 45.9 Å². The maximum atomic E-state index is 12.3. The number of hydrogen-bond acceptors (Lipinski definition) is 6. The number of likely N-dealkylation sites (tertiary alicyclic amines) is 1. The third kappa shape index (κ3) is 4.16. The van der Waals surface area contributed by atoms with Crippen LogP contribution in [0, 0.1) is 13.8 Å². The number of piperidine rings is 1. The van der Waals surface area contributed by atoms with E-state index in [0.29, 0.717) is 38.0 Å². The van der Waals surface area contributed by atoms with E-state index in [1.54, 1.807) is 17.8 Å². The largest absolute Gasteiger partial charge is 0.368 e. The van der Waals surface area contributed by atoms with Crippen molar-refractivity contribution in [3.05, 3.63) is 29.7 Å². The molecule has 0 radical (unpaired) electrons. The van der Waals surface area contributed by atoms with Crippen LogP contribution in [0.2, 0.25) is 0 Å². The second-order valence-corrected chi connectivity index (χ2v) is 5.84. The maximum Gasteiger partial charge on any atom is 0.252 e. The first-order chi connectivity index (χ1) is 11.1. The lowest BCUT2D eigenvalue weighted by atomic mass is 10.1. The van der Waals surface area contributed by atoms with Gasteiger partial charge in [0.15, 0.2) is 5.82 Å². The van der Waals surface area contributed by atoms with Crippen LogP contribution in [0.5, 0.6) is 0 Å². The van der Waals surface area contributed by atoms with Gasteiger partial charge < -0.3 is 14.2 Å². The predicted octanol–water partition coefficient (Wildman–Crippen LogP) is 1.09. The van der Waals surface area contributed by atoms with Gasteiger partial charge in [0.05, 0.1) is 12.3 Å². The summed E-state index contributed by atoms with van der Waals surface area (Å²) < 4.78 is 12.5. The SMILES string of the molecule is Cc1cnn(CC(=O)N2CCC(OCc3nc(C)no3)CC2)c1. The molecular weight excluding hydrogens is 298 g/mol. The number of hydrogen-bond donors (Lipinski definition) is 0. The number of carbonyl (C=O) groups excluding carboxylic acids is 1. The van der Waals surface area contributed by atoms with Crippen LogP contribution in [0.4, 0.5) is 0 Å². The van der Waals surface area contributed by atoms with Crippen LogP contribution >= 0.6 is 0 Å². The molecule has 0 aromatic carbocycles. The average molecular weight is 319 g/mol. The van der Waals surface area contributed by atoms with Gasteiger partial charge in [-0.3, -0.25) is 9.48 Å². The summed E-state index contributed by atoms with van der Waals surface area (Å²) in [6, 6.07) is 0. The Morgan fingerprint density at radius 3 is 2.78 bits per heavy atom. The average Bonchev–Trinajstić information content (AvgIpc) is 3.14. The molecule has 0 N–H and O–H groups in total. The Hall–Kier alpha value is -2.22. The summed E-state index contributed by atoms with van der Waals surface area (Å²) in [5.74, 6) is 1.20. The van der Waals surface area contributed by atoms with Gasteiger partial charge in [0.1, 0.15) is 13.2 Å². The van der Waals surface area contributed by atoms with Crippen molar-refractivity contribution >= 4 is 5.91 Å². The number of aryl methyl sites for hydroxylation is 2. The van der Waals surface area contributed by atoms with E-state index in [2.05, 4.69) is 15.2 Å². The van der Waals surface area contributed by atoms with E-state index in [0.717, 1.165) is 18.4 Å². The standard InChI is InChI=1S/C15H21N5O3/c1-11-7-16-20(8-11)9-15(21)19-5-3-13(4-6-19)22-10-14-17-12(2)18-23-14/h7-8,13H,3-6,9-10H2,1-2H3. The quantitative estimate of drug-likeness (QED) is 0.820. The smallest absolute Gasteiger partial charge is 0.252 e. The molecule has 1 aliphatic rings. The van der Waals surface area contributed by atoms with Gasteiger partial charge >= 0.3 is 0 Å². The van der Waals surface area contributed by atoms with Crippen LogP contribution in [0.15, 0.2) is 16.9 Å². The molecule has 23 heavy (non-hydrogen) atoms. The van der Waals surface area contributed by atoms with Gasteiger partial charge in [-0.1, -0.05) is 5.16 Å². The van der Waals surface area contributed by atoms with E-state index in [9.17, 15) is 4.79 Å². The fourth-order valence-electron chi connectivity index (χ4n) is 2.65. The Morgan fingerprint density at radius 2 is 2.17 bits per heavy atom. The predicted molar refractivity (Wildman–Crippen MR) is 80.4 cm³/mol. The molecule has 124 valence electrons. The molecule has 0 bridgehead atoms. The van der Waals surface area contributed by atoms with Gasteiger partial charge in [-0.15, -0.1) is 0 Å². The molecule has 0 atom stereocenters. The van der Waals surface area contributed by atoms with E-state index in [4.69, 9.17) is 9.26 Å². The molecule has 1 aliphatic heterocycles. The van der Waals surface area contributed by atoms with Crippen LogP contribution in [-0.2, 0) is 22.7 Å². The maximum absolute atomic E-state index is 12.3. The first-order valence-corrected chi connectivity index (χ1v) is 7.78. The molecule has 1 fully saturated rings. The molecule has 0 spiro atoms. The number of aromatic nitrogens is 4. The van der Waals surface area contributed by atoms with E-state index >= 15 is 0 Å². The fraction of sp³-hybridized carbons (Fsp3) is 0.600. The third-order valence-electron chi connectivity index (χ3n) is 3.87. The van der Waals surface area contributed by atoms with Gasteiger partial charge in [-0.2, -0.15) is 10.1 Å². The van der Waals surface area contributed by atoms with Crippen molar-refractivity contribution in [3.63, 3.8) is 0 Å². The van der Waals surface area contributed by atoms with Gasteiger partial charge in [0.25, 0.3) is 5.89 Å². The lowest BCUT2D eigenvalue weighted by molar-refractivity contribution is -0.135. The highest BCUT2D eigenvalue weighted by atomic mass is 16.5. The second-order valence-electron chi connectivity index (χ2n) is 5.84. The van der Waals surface area contributed by atoms with E-state index < -0.39 is 0 Å². The van der Waals surface area contributed by atoms with Crippen molar-refractivity contribution in [1.29, 1.82) is 0 Å². The van der Waals surface area contributed by atoms with Crippen molar-refractivity contribution in [3.8, 4) is 0 Å². The van der Waals surface area contributed by atoms with Crippen LogP contribution in [0.25, 0.3) is 0 Å². The minimum atomic E-state index is 0.0964. The molecule has 3 heterocycles. The Kier molecular flexibility index (Phi) is 4.71. The summed E-state index contributed by atoms with van der Waals surface area (Å²) in [6.07, 6.45) is 5.39. The summed E-state index contributed by atoms with van der Waals surface area (Å²) in [5.41, 5.74) is 1.06. The lowest BCUT2D eigenvalue weighted by Gasteiger charge is -2.31. The Balaban J connectivity index is 1.41. The molecule has 0 saturated carbocycles. The topological polar surface area (TPSA) is 86.3 Å². The Morgan fingerprint density at radius 1 is 1.39 bits per heavy atom. The van der Waals surface area contributed by atoms with E-state index in [1.807, 2.05) is 18.0 Å². The van der Waals surface area contributed by atoms with Crippen LogP contribution in [0.1, 0.15) is 30.1 Å². The summed E-state index contributed by atoms with van der Waals surface area (Å²) in [7, 11) is 0. The molecule has 1 saturated heterocycles. The van der Waals surface area contributed by atoms with Gasteiger partial charge in [-0.25, -0.2) is 0 Å². The lowest BCUT2D eigenvalue weighted by Crippen LogP contribution is -2.42. The van der Waals surface area contributed by atoms with E-state index in [-0.39, 0.29) is 12.0 Å². The summed E-state index contributed by atoms with van der Waals surface area (Å²) >= 11 is 0. The fourth-order valence-corrected chi connectivity index (χ4v) is 2.65. The van der Waals surface area contributed by atoms with Crippen molar-refractivity contribution in [2.24, 2.45) is 0 Å². The number of rotatable bonds is 5. The molecule has 0 unspecified atom stereocenters. The zero-order valence-corrected chi connectivity index (χ0v) is 13.4. The Bertz CT molecular complexity index is 658. The monoisotopic (exact) mass is 319 g/mol. The molecule has 2 aromatic heterocycles. The van der Waals surface area contributed by atoms with Gasteiger partial charge in [0.2, 0.25) is 5.91 Å². The first kappa shape index (κ1) is 15.7. The van der Waals surface area contributed by atoms with Crippen molar-refractivity contribution in [1.82, 2.24) is 24.8 Å². The normalized spacial score (nSPS) is 16.0. The minimum Gasteiger partial charge on any atom is -0.368 e. The number of nitrogens with zero attached hydrogens (tertiary/aromatic N) is 5. The van der Waals surface area contributed by atoms with Crippen molar-refractivity contribution < 1.29 is 14.1 Å². The Labute approximate surface area is 134 Å². The summed E-state index contributed by atoms with van der Waals surface area (Å²) in [6.45, 7) is 5.76. The molecule has 8 heteroatoms. The molecular formula is C15H21N5O3. The molecule has 3 rings (SSSR count). The molecule has 2 aromatic rings. The highest BCUT2D eigenvalue weighted by Crippen LogP contribution is 2.16. The zero-order chi connectivity index (χ0) is 16.2. The van der Waals surface area contributed by atoms with Crippen LogP contribution < -0.4 is 0 Å². The molecule has 8 nitrogen and oxygen atoms in total. The highest BCUT2D eigenvalue weighted by molar-refractivity contribution is 5.76. The van der Waals surface area contributed by atoms with Crippen molar-refractivity contribution in [2.75, 3.05) is 13.1 Å². The van der Waals surface area contributed by atoms with Gasteiger partial charge in [0, 0.05) is 19.3 Å². The zero-order valence-electron chi connectivity index (χ0n) is 13.4. The number of ether oxygens (including phenoxy) is 1. The van der Waals surface area contributed by atoms with Gasteiger partial charge in [-0.05, 0) is 32.3 Å². The minimum absolute atomic E-state index is 0.0964. The van der Waals surface area contributed by atoms with Crippen LogP contribution in [-0.4, -0.2) is 49.9 Å². The second kappa shape index (κ2) is 6.91. The number of amides is 1.